The monoisotopic (exact) mass is 238 g/mol. The van der Waals surface area contributed by atoms with Crippen molar-refractivity contribution >= 4 is 0 Å². The second-order valence-electron chi connectivity index (χ2n) is 4.80. The molecular formula is C11H21F3N2. The smallest absolute Gasteiger partial charge is 0.329 e. The Morgan fingerprint density at radius 1 is 1.25 bits per heavy atom. The zero-order valence-electron chi connectivity index (χ0n) is 9.69. The molecule has 96 valence electrons. The first-order valence-corrected chi connectivity index (χ1v) is 5.93. The van der Waals surface area contributed by atoms with Gasteiger partial charge in [-0.2, -0.15) is 13.2 Å². The molecule has 0 spiro atoms. The molecule has 0 aromatic rings. The van der Waals surface area contributed by atoms with Crippen molar-refractivity contribution < 1.29 is 13.2 Å². The molecule has 0 amide bonds. The molecule has 1 atom stereocenters. The van der Waals surface area contributed by atoms with E-state index in [0.717, 1.165) is 6.54 Å². The van der Waals surface area contributed by atoms with Crippen molar-refractivity contribution in [3.8, 4) is 0 Å². The minimum atomic E-state index is -4.00. The van der Waals surface area contributed by atoms with Crippen molar-refractivity contribution in [3.63, 3.8) is 0 Å². The highest BCUT2D eigenvalue weighted by Gasteiger charge is 2.41. The summed E-state index contributed by atoms with van der Waals surface area (Å²) >= 11 is 0. The Balaban J connectivity index is 2.22. The fourth-order valence-corrected chi connectivity index (χ4v) is 2.15. The number of nitrogens with one attached hydrogen (secondary N) is 1. The van der Waals surface area contributed by atoms with Gasteiger partial charge in [-0.15, -0.1) is 0 Å². The zero-order valence-corrected chi connectivity index (χ0v) is 9.69. The number of nitrogens with two attached hydrogens (primary N) is 1. The van der Waals surface area contributed by atoms with Gasteiger partial charge in [-0.1, -0.05) is 0 Å². The van der Waals surface area contributed by atoms with Gasteiger partial charge in [0, 0.05) is 12.6 Å². The molecule has 0 heterocycles. The highest BCUT2D eigenvalue weighted by molar-refractivity contribution is 4.78. The van der Waals surface area contributed by atoms with Crippen LogP contribution in [0.15, 0.2) is 0 Å². The predicted octanol–water partition coefficient (Wildman–Crippen LogP) is 2.29. The lowest BCUT2D eigenvalue weighted by molar-refractivity contribution is -0.183. The number of halogens is 3. The van der Waals surface area contributed by atoms with Crippen LogP contribution in [0.2, 0.25) is 0 Å². The van der Waals surface area contributed by atoms with Crippen molar-refractivity contribution in [2.24, 2.45) is 17.6 Å². The summed E-state index contributed by atoms with van der Waals surface area (Å²) in [5.41, 5.74) is 5.46. The fraction of sp³-hybridized carbons (Fsp3) is 1.00. The van der Waals surface area contributed by atoms with E-state index < -0.39 is 12.1 Å². The Morgan fingerprint density at radius 2 is 1.81 bits per heavy atom. The molecule has 3 N–H and O–H groups in total. The average Bonchev–Trinajstić information content (AvgIpc) is 2.25. The maximum Gasteiger partial charge on any atom is 0.391 e. The van der Waals surface area contributed by atoms with Gasteiger partial charge >= 0.3 is 6.18 Å². The normalized spacial score (nSPS) is 29.1. The summed E-state index contributed by atoms with van der Waals surface area (Å²) < 4.78 is 37.2. The Hall–Kier alpha value is -0.290. The Labute approximate surface area is 94.8 Å². The molecule has 0 radical (unpaired) electrons. The number of hydrogen-bond donors (Lipinski definition) is 2. The lowest BCUT2D eigenvalue weighted by atomic mass is 9.81. The van der Waals surface area contributed by atoms with Gasteiger partial charge in [0.25, 0.3) is 0 Å². The van der Waals surface area contributed by atoms with E-state index in [2.05, 4.69) is 5.32 Å². The van der Waals surface area contributed by atoms with Crippen LogP contribution in [0.3, 0.4) is 0 Å². The van der Waals surface area contributed by atoms with E-state index in [4.69, 9.17) is 5.73 Å². The van der Waals surface area contributed by atoms with Crippen molar-refractivity contribution in [3.05, 3.63) is 0 Å². The van der Waals surface area contributed by atoms with E-state index in [-0.39, 0.29) is 18.9 Å². The van der Waals surface area contributed by atoms with E-state index in [1.54, 1.807) is 0 Å². The van der Waals surface area contributed by atoms with Crippen molar-refractivity contribution in [1.82, 2.24) is 5.32 Å². The standard InChI is InChI=1S/C11H21F3N2/c1-8(6-15)16-7-9-2-4-10(5-3-9)11(12,13)14/h8-10,16H,2-7,15H2,1H3/t8-,9?,10?/m1/s1. The molecule has 1 aliphatic rings. The van der Waals surface area contributed by atoms with Gasteiger partial charge in [-0.25, -0.2) is 0 Å². The molecule has 2 nitrogen and oxygen atoms in total. The van der Waals surface area contributed by atoms with Crippen LogP contribution in [-0.4, -0.2) is 25.3 Å². The first kappa shape index (κ1) is 13.8. The maximum atomic E-state index is 12.4. The molecule has 1 aliphatic carbocycles. The summed E-state index contributed by atoms with van der Waals surface area (Å²) in [7, 11) is 0. The highest BCUT2D eigenvalue weighted by Crippen LogP contribution is 2.39. The Kier molecular flexibility index (Phi) is 5.05. The third-order valence-electron chi connectivity index (χ3n) is 3.42. The second-order valence-corrected chi connectivity index (χ2v) is 4.80. The molecular weight excluding hydrogens is 217 g/mol. The van der Waals surface area contributed by atoms with Crippen LogP contribution in [-0.2, 0) is 0 Å². The molecule has 0 aromatic carbocycles. The van der Waals surface area contributed by atoms with E-state index in [1.165, 1.54) is 0 Å². The van der Waals surface area contributed by atoms with E-state index in [0.29, 0.717) is 25.3 Å². The van der Waals surface area contributed by atoms with Crippen LogP contribution in [0, 0.1) is 11.8 Å². The zero-order chi connectivity index (χ0) is 12.2. The molecule has 0 aliphatic heterocycles. The predicted molar refractivity (Wildman–Crippen MR) is 58.0 cm³/mol. The molecule has 5 heteroatoms. The first-order chi connectivity index (χ1) is 7.43. The van der Waals surface area contributed by atoms with E-state index in [9.17, 15) is 13.2 Å². The third-order valence-corrected chi connectivity index (χ3v) is 3.42. The third kappa shape index (κ3) is 4.29. The van der Waals surface area contributed by atoms with E-state index in [1.807, 2.05) is 6.92 Å². The van der Waals surface area contributed by atoms with Crippen molar-refractivity contribution in [1.29, 1.82) is 0 Å². The minimum Gasteiger partial charge on any atom is -0.329 e. The topological polar surface area (TPSA) is 38.0 Å². The first-order valence-electron chi connectivity index (χ1n) is 5.93. The second kappa shape index (κ2) is 5.87. The molecule has 1 saturated carbocycles. The van der Waals surface area contributed by atoms with Crippen molar-refractivity contribution in [2.45, 2.75) is 44.8 Å². The summed E-state index contributed by atoms with van der Waals surface area (Å²) in [6.07, 6.45) is -2.08. The van der Waals surface area contributed by atoms with Gasteiger partial charge in [0.15, 0.2) is 0 Å². The average molecular weight is 238 g/mol. The molecule has 0 aromatic heterocycles. The largest absolute Gasteiger partial charge is 0.391 e. The number of hydrogen-bond acceptors (Lipinski definition) is 2. The van der Waals surface area contributed by atoms with Crippen LogP contribution < -0.4 is 11.1 Å². The van der Waals surface area contributed by atoms with Crippen LogP contribution >= 0.6 is 0 Å². The molecule has 16 heavy (non-hydrogen) atoms. The molecule has 0 bridgehead atoms. The van der Waals surface area contributed by atoms with Gasteiger partial charge in [0.1, 0.15) is 0 Å². The lowest BCUT2D eigenvalue weighted by Gasteiger charge is -2.30. The van der Waals surface area contributed by atoms with Crippen LogP contribution in [0.25, 0.3) is 0 Å². The summed E-state index contributed by atoms with van der Waals surface area (Å²) in [5.74, 6) is -0.691. The SMILES string of the molecule is C[C@H](CN)NCC1CCC(C(F)(F)F)CC1. The summed E-state index contributed by atoms with van der Waals surface area (Å²) in [6.45, 7) is 3.35. The van der Waals surface area contributed by atoms with E-state index >= 15 is 0 Å². The lowest BCUT2D eigenvalue weighted by Crippen LogP contribution is -2.38. The van der Waals surface area contributed by atoms with Crippen LogP contribution in [0.5, 0.6) is 0 Å². The van der Waals surface area contributed by atoms with Gasteiger partial charge in [0.2, 0.25) is 0 Å². The quantitative estimate of drug-likeness (QED) is 0.788. The Bertz CT molecular complexity index is 198. The van der Waals surface area contributed by atoms with Gasteiger partial charge in [0.05, 0.1) is 5.92 Å². The molecule has 0 saturated heterocycles. The van der Waals surface area contributed by atoms with Gasteiger partial charge in [-0.3, -0.25) is 0 Å². The molecule has 1 rings (SSSR count). The summed E-state index contributed by atoms with van der Waals surface area (Å²) in [5, 5.41) is 3.25. The van der Waals surface area contributed by atoms with Crippen molar-refractivity contribution in [2.75, 3.05) is 13.1 Å². The summed E-state index contributed by atoms with van der Waals surface area (Å²) in [6, 6.07) is 0.250. The number of rotatable bonds is 4. The highest BCUT2D eigenvalue weighted by atomic mass is 19.4. The van der Waals surface area contributed by atoms with Crippen LogP contribution in [0.1, 0.15) is 32.6 Å². The maximum absolute atomic E-state index is 12.4. The number of alkyl halides is 3. The van der Waals surface area contributed by atoms with Gasteiger partial charge < -0.3 is 11.1 Å². The van der Waals surface area contributed by atoms with Crippen LogP contribution in [0.4, 0.5) is 13.2 Å². The molecule has 0 unspecified atom stereocenters. The summed E-state index contributed by atoms with van der Waals surface area (Å²) in [4.78, 5) is 0. The molecule has 1 fully saturated rings. The van der Waals surface area contributed by atoms with Gasteiger partial charge in [-0.05, 0) is 45.1 Å². The fourth-order valence-electron chi connectivity index (χ4n) is 2.15. The minimum absolute atomic E-state index is 0.250. The Morgan fingerprint density at radius 3 is 2.25 bits per heavy atom.